The summed E-state index contributed by atoms with van der Waals surface area (Å²) in [6.45, 7) is -9.78. The number of ether oxygens (including phenoxy) is 16. The van der Waals surface area contributed by atoms with Gasteiger partial charge in [0.2, 0.25) is 0 Å². The number of alkyl halides is 32. The van der Waals surface area contributed by atoms with Crippen molar-refractivity contribution in [3.63, 3.8) is 0 Å². The van der Waals surface area contributed by atoms with Crippen LogP contribution >= 0.6 is 0 Å². The molecule has 128 heavy (non-hydrogen) atoms. The van der Waals surface area contributed by atoms with E-state index in [9.17, 15) is 161 Å². The predicted molar refractivity (Wildman–Crippen MR) is 390 cm³/mol. The SMILES string of the molecule is OCC(COCCCOCC(CO)COCC(F)(F)F)COCC(F)(F)F.OCC(COCCCOCC(CO)COCCC(F)(F)C(F)(F)F)COCCC(F)(F)C(F)(F)F.OCC(COCCCOCC(CO)COCCC(F)(F)CC(F)(F)F)COCCC(F)(F)CC(F)(F)F.OCC(COCCCOCC(CO)COCCC(F)(F)F)COCCC(F)(F)F.[HH].[HH].[HH].[HH]. The van der Waals surface area contributed by atoms with Crippen LogP contribution in [0.2, 0.25) is 0 Å². The van der Waals surface area contributed by atoms with Crippen molar-refractivity contribution in [3.05, 3.63) is 0 Å². The van der Waals surface area contributed by atoms with Crippen LogP contribution in [0.15, 0.2) is 0 Å². The third-order valence-electron chi connectivity index (χ3n) is 15.7. The quantitative estimate of drug-likeness (QED) is 0.0207. The number of hydrogen-bond donors (Lipinski definition) is 8. The number of rotatable bonds is 76. The summed E-state index contributed by atoms with van der Waals surface area (Å²) in [5.41, 5.74) is 0. The Bertz CT molecular complexity index is 2370. The molecule has 0 spiro atoms. The molecule has 0 radical (unpaired) electrons. The standard InChI is InChI=1S/C21H34F10O6.C19H30F10O6.C17H30F6O6.C15H26F6O6.4H2/c22-18(23,14-20(26,27)28)2-6-36-12-16(8-32)10-34-4-1-5-35-11-17(9-33)13-37-7-3-19(24,25)15-21(29,30)31;20-16(21,18(24,25)26)2-6-34-12-14(8-30)10-32-4-1-5-33-11-15(9-31)13-35-7-3-17(22,23)19(27,28)29;18-16(19,20)2-6-28-12-14(8-24)10-26-4-1-5-27-11-15(9-25)13-29-7-3-17(21,22)23;16-14(17,18)10-26-8-12(4-22)6-24-2-1-3-25-7-13(5-23)9-27-11-15(19,20)21;;;;/h16-17,32-33H,1-15H2;14-15,30-31H,1-13H2;14-15,24-25H,1-13H2;12-13,22-23H,1-11H2;4*1H. The Morgan fingerprint density at radius 2 is 0.320 bits per heavy atom. The fraction of sp³-hybridized carbons (Fsp3) is 1.00. The molecule has 8 unspecified atom stereocenters. The van der Waals surface area contributed by atoms with Gasteiger partial charge in [0, 0.05) is 132 Å². The molecule has 24 nitrogen and oxygen atoms in total. The van der Waals surface area contributed by atoms with Crippen LogP contribution < -0.4 is 0 Å². The summed E-state index contributed by atoms with van der Waals surface area (Å²) >= 11 is 0. The van der Waals surface area contributed by atoms with Crippen LogP contribution in [0.4, 0.5) is 140 Å². The lowest BCUT2D eigenvalue weighted by Crippen LogP contribution is -2.37. The maximum absolute atomic E-state index is 13.2. The molecule has 0 aromatic carbocycles. The third kappa shape index (κ3) is 86.9. The maximum Gasteiger partial charge on any atom is 0.453 e. The molecule has 0 fully saturated rings. The molecule has 8 atom stereocenters. The van der Waals surface area contributed by atoms with Crippen LogP contribution in [0.1, 0.15) is 82.8 Å². The Hall–Kier alpha value is -3.20. The molecule has 0 saturated carbocycles. The predicted octanol–water partition coefficient (Wildman–Crippen LogP) is 13.8. The van der Waals surface area contributed by atoms with E-state index in [0.29, 0.717) is 25.7 Å². The van der Waals surface area contributed by atoms with Gasteiger partial charge in [0.25, 0.3) is 11.8 Å². The number of halogens is 32. The Morgan fingerprint density at radius 3 is 0.461 bits per heavy atom. The summed E-state index contributed by atoms with van der Waals surface area (Å²) in [5.74, 6) is -22.2. The van der Waals surface area contributed by atoms with Crippen LogP contribution in [0, 0.1) is 47.3 Å². The lowest BCUT2D eigenvalue weighted by atomic mass is 10.1. The van der Waals surface area contributed by atoms with E-state index in [1.807, 2.05) is 0 Å². The largest absolute Gasteiger partial charge is 0.453 e. The summed E-state index contributed by atoms with van der Waals surface area (Å²) in [6, 6.07) is 0. The van der Waals surface area contributed by atoms with Gasteiger partial charge in [-0.15, -0.1) is 0 Å². The number of aliphatic hydroxyl groups is 8. The zero-order valence-corrected chi connectivity index (χ0v) is 69.6. The van der Waals surface area contributed by atoms with E-state index in [4.69, 9.17) is 86.7 Å². The smallest absolute Gasteiger partial charge is 0.396 e. The average molecular weight is 1990 g/mol. The zero-order valence-electron chi connectivity index (χ0n) is 69.6. The minimum absolute atomic E-state index is 0. The van der Waals surface area contributed by atoms with E-state index in [-0.39, 0.29) is 191 Å². The molecule has 0 aliphatic carbocycles. The van der Waals surface area contributed by atoms with Gasteiger partial charge in [-0.3, -0.25) is 0 Å². The summed E-state index contributed by atoms with van der Waals surface area (Å²) in [7, 11) is 0. The van der Waals surface area contributed by atoms with Gasteiger partial charge < -0.3 is 117 Å². The highest BCUT2D eigenvalue weighted by Gasteiger charge is 2.58. The minimum Gasteiger partial charge on any atom is -0.396 e. The minimum atomic E-state index is -5.67. The van der Waals surface area contributed by atoms with Gasteiger partial charge in [-0.1, -0.05) is 0 Å². The van der Waals surface area contributed by atoms with Crippen molar-refractivity contribution in [2.45, 2.75) is 150 Å². The van der Waals surface area contributed by atoms with E-state index in [0.717, 1.165) is 0 Å². The molecular formula is C72H128F32O24. The average Bonchev–Trinajstić information content (AvgIpc) is 0.848. The highest BCUT2D eigenvalue weighted by atomic mass is 19.5. The van der Waals surface area contributed by atoms with Crippen LogP contribution in [0.25, 0.3) is 0 Å². The van der Waals surface area contributed by atoms with Gasteiger partial charge in [-0.05, 0) is 25.7 Å². The number of aliphatic hydroxyl groups excluding tert-OH is 8. The Kier molecular flexibility index (Phi) is 73.9. The molecule has 0 rings (SSSR count). The van der Waals surface area contributed by atoms with Crippen molar-refractivity contribution in [2.75, 3.05) is 264 Å². The Morgan fingerprint density at radius 1 is 0.172 bits per heavy atom. The first-order valence-corrected chi connectivity index (χ1v) is 39.4. The molecule has 8 N–H and O–H groups in total. The second kappa shape index (κ2) is 72.2. The zero-order chi connectivity index (χ0) is 98.7. The first kappa shape index (κ1) is 131. The second-order valence-electron chi connectivity index (χ2n) is 28.5. The summed E-state index contributed by atoms with van der Waals surface area (Å²) < 4.78 is 472. The first-order valence-electron chi connectivity index (χ1n) is 39.4. The highest BCUT2D eigenvalue weighted by Crippen LogP contribution is 2.40. The molecule has 0 aromatic heterocycles. The molecular weight excluding hydrogens is 1860 g/mol. The van der Waals surface area contributed by atoms with Gasteiger partial charge in [-0.25, -0.2) is 17.6 Å². The first-order chi connectivity index (χ1) is 59.2. The molecule has 0 bridgehead atoms. The summed E-state index contributed by atoms with van der Waals surface area (Å²) in [6.07, 6.45) is -49.1. The lowest BCUT2D eigenvalue weighted by Gasteiger charge is -2.20. The molecule has 0 saturated heterocycles. The number of hydrogen-bond acceptors (Lipinski definition) is 24. The molecule has 0 amide bonds. The second-order valence-corrected chi connectivity index (χ2v) is 28.5. The third-order valence-corrected chi connectivity index (χ3v) is 15.7. The van der Waals surface area contributed by atoms with E-state index < -0.39 is 251 Å². The molecule has 0 aliphatic rings. The fourth-order valence-corrected chi connectivity index (χ4v) is 8.73. The van der Waals surface area contributed by atoms with Crippen LogP contribution in [0.5, 0.6) is 0 Å². The van der Waals surface area contributed by atoms with Crippen LogP contribution in [-0.4, -0.2) is 378 Å². The van der Waals surface area contributed by atoms with Crippen molar-refractivity contribution >= 4 is 0 Å². The summed E-state index contributed by atoms with van der Waals surface area (Å²) in [4.78, 5) is 0. The Balaban J connectivity index is -0.000000258. The van der Waals surface area contributed by atoms with Crippen molar-refractivity contribution in [3.8, 4) is 0 Å². The van der Waals surface area contributed by atoms with Crippen LogP contribution in [0.3, 0.4) is 0 Å². The maximum atomic E-state index is 13.2. The fourth-order valence-electron chi connectivity index (χ4n) is 8.73. The Labute approximate surface area is 723 Å². The summed E-state index contributed by atoms with van der Waals surface area (Å²) in [5, 5.41) is 73.2. The van der Waals surface area contributed by atoms with Crippen molar-refractivity contribution < 1.29 is 263 Å². The molecule has 784 valence electrons. The molecule has 0 aliphatic heterocycles. The van der Waals surface area contributed by atoms with Crippen molar-refractivity contribution in [1.29, 1.82) is 0 Å². The van der Waals surface area contributed by atoms with E-state index >= 15 is 0 Å². The highest BCUT2D eigenvalue weighted by molar-refractivity contribution is 4.77. The van der Waals surface area contributed by atoms with E-state index in [1.165, 1.54) is 0 Å². The van der Waals surface area contributed by atoms with Crippen molar-refractivity contribution in [2.24, 2.45) is 47.3 Å². The van der Waals surface area contributed by atoms with Gasteiger partial charge >= 0.3 is 61.3 Å². The monoisotopic (exact) mass is 1980 g/mol. The normalized spacial score (nSPS) is 15.2. The van der Waals surface area contributed by atoms with Gasteiger partial charge in [0.05, 0.1) is 211 Å². The molecule has 0 heterocycles. The topological polar surface area (TPSA) is 310 Å². The van der Waals surface area contributed by atoms with E-state index in [2.05, 4.69) is 9.47 Å². The molecule has 56 heteroatoms. The van der Waals surface area contributed by atoms with Gasteiger partial charge in [0.15, 0.2) is 0 Å². The molecule has 0 aromatic rings. The van der Waals surface area contributed by atoms with Gasteiger partial charge in [-0.2, -0.15) is 123 Å². The van der Waals surface area contributed by atoms with Gasteiger partial charge in [0.1, 0.15) is 26.1 Å². The lowest BCUT2D eigenvalue weighted by molar-refractivity contribution is -0.287. The van der Waals surface area contributed by atoms with Crippen molar-refractivity contribution in [1.82, 2.24) is 0 Å². The van der Waals surface area contributed by atoms with Crippen LogP contribution in [-0.2, 0) is 75.8 Å². The van der Waals surface area contributed by atoms with E-state index in [1.54, 1.807) is 0 Å².